The molecule has 0 aliphatic carbocycles. The average molecular weight is 332 g/mol. The summed E-state index contributed by atoms with van der Waals surface area (Å²) in [5, 5.41) is 9.28. The number of alkyl halides is 3. The predicted octanol–water partition coefficient (Wildman–Crippen LogP) is 3.53. The van der Waals surface area contributed by atoms with Crippen LogP contribution in [0.1, 0.15) is 33.1 Å². The van der Waals surface area contributed by atoms with E-state index in [9.17, 15) is 23.2 Å². The van der Waals surface area contributed by atoms with Gasteiger partial charge in [-0.15, -0.1) is 0 Å². The second-order valence-electron chi connectivity index (χ2n) is 5.32. The molecule has 1 atom stereocenters. The first-order valence-corrected chi connectivity index (χ1v) is 7.13. The Labute approximate surface area is 135 Å². The van der Waals surface area contributed by atoms with Gasteiger partial charge in [0.1, 0.15) is 5.75 Å². The summed E-state index contributed by atoms with van der Waals surface area (Å²) in [6.07, 6.45) is -3.21. The first kappa shape index (κ1) is 16.0. The summed E-state index contributed by atoms with van der Waals surface area (Å²) in [7, 11) is 0. The van der Waals surface area contributed by atoms with E-state index < -0.39 is 23.4 Å². The van der Waals surface area contributed by atoms with Crippen molar-refractivity contribution in [2.45, 2.75) is 18.5 Å². The van der Waals surface area contributed by atoms with Crippen LogP contribution in [0.2, 0.25) is 0 Å². The van der Waals surface area contributed by atoms with Crippen LogP contribution in [-0.2, 0) is 12.6 Å². The Kier molecular flexibility index (Phi) is 3.97. The molecule has 122 valence electrons. The third-order valence-corrected chi connectivity index (χ3v) is 3.77. The number of carbonyl (C=O) groups is 1. The quantitative estimate of drug-likeness (QED) is 0.807. The van der Waals surface area contributed by atoms with E-state index in [1.807, 2.05) is 6.07 Å². The molecule has 1 unspecified atom stereocenters. The molecule has 0 spiro atoms. The molecule has 2 aromatic rings. The standard InChI is InChI=1S/C17H11F3N2O2/c18-17(19,20)12-2-3-14(22-9-12)13(8-21)16(23)11-1-4-15-10(7-11)5-6-24-15/h1-4,7,9,13H,5-6H2. The van der Waals surface area contributed by atoms with Gasteiger partial charge in [-0.3, -0.25) is 9.78 Å². The van der Waals surface area contributed by atoms with E-state index in [1.165, 1.54) is 0 Å². The van der Waals surface area contributed by atoms with Crippen LogP contribution in [0.4, 0.5) is 13.2 Å². The van der Waals surface area contributed by atoms with Crippen LogP contribution in [0.15, 0.2) is 36.5 Å². The minimum atomic E-state index is -4.52. The number of ether oxygens (including phenoxy) is 1. The number of ketones is 1. The number of benzene rings is 1. The van der Waals surface area contributed by atoms with Crippen LogP contribution in [0, 0.1) is 11.3 Å². The summed E-state index contributed by atoms with van der Waals surface area (Å²) in [5.41, 5.74) is 0.253. The summed E-state index contributed by atoms with van der Waals surface area (Å²) in [5.74, 6) is -1.06. The molecule has 1 aromatic carbocycles. The highest BCUT2D eigenvalue weighted by Gasteiger charge is 2.32. The smallest absolute Gasteiger partial charge is 0.417 e. The van der Waals surface area contributed by atoms with Crippen molar-refractivity contribution in [1.82, 2.24) is 4.98 Å². The molecular formula is C17H11F3N2O2. The zero-order chi connectivity index (χ0) is 17.3. The van der Waals surface area contributed by atoms with Gasteiger partial charge in [0.05, 0.1) is 23.9 Å². The van der Waals surface area contributed by atoms with Crippen molar-refractivity contribution in [2.24, 2.45) is 0 Å². The number of hydrogen-bond donors (Lipinski definition) is 0. The highest BCUT2D eigenvalue weighted by molar-refractivity contribution is 6.02. The lowest BCUT2D eigenvalue weighted by Gasteiger charge is -2.11. The molecule has 0 N–H and O–H groups in total. The number of pyridine rings is 1. The maximum Gasteiger partial charge on any atom is 0.417 e. The van der Waals surface area contributed by atoms with Gasteiger partial charge in [0.15, 0.2) is 11.7 Å². The van der Waals surface area contributed by atoms with Crippen molar-refractivity contribution >= 4 is 5.78 Å². The molecule has 24 heavy (non-hydrogen) atoms. The molecule has 1 aliphatic rings. The van der Waals surface area contributed by atoms with Gasteiger partial charge in [0, 0.05) is 18.2 Å². The average Bonchev–Trinajstić information content (AvgIpc) is 3.02. The minimum Gasteiger partial charge on any atom is -0.493 e. The molecule has 0 amide bonds. The van der Waals surface area contributed by atoms with Crippen LogP contribution in [0.5, 0.6) is 5.75 Å². The summed E-state index contributed by atoms with van der Waals surface area (Å²) in [6, 6.07) is 8.55. The number of nitriles is 1. The van der Waals surface area contributed by atoms with Crippen molar-refractivity contribution in [1.29, 1.82) is 5.26 Å². The number of halogens is 3. The molecule has 0 fully saturated rings. The fourth-order valence-corrected chi connectivity index (χ4v) is 2.51. The normalized spacial score (nSPS) is 14.4. The molecule has 7 heteroatoms. The number of fused-ring (bicyclic) bond motifs is 1. The van der Waals surface area contributed by atoms with Crippen molar-refractivity contribution in [2.75, 3.05) is 6.61 Å². The number of aromatic nitrogens is 1. The second kappa shape index (κ2) is 5.96. The molecule has 1 aliphatic heterocycles. The number of carbonyl (C=O) groups excluding carboxylic acids is 1. The summed E-state index contributed by atoms with van der Waals surface area (Å²) < 4.78 is 43.1. The maximum absolute atomic E-state index is 12.6. The Morgan fingerprint density at radius 2 is 2.08 bits per heavy atom. The lowest BCUT2D eigenvalue weighted by Crippen LogP contribution is -2.14. The van der Waals surface area contributed by atoms with Crippen LogP contribution in [-0.4, -0.2) is 17.4 Å². The van der Waals surface area contributed by atoms with Gasteiger partial charge in [-0.25, -0.2) is 0 Å². The molecule has 3 rings (SSSR count). The highest BCUT2D eigenvalue weighted by Crippen LogP contribution is 2.31. The molecule has 4 nitrogen and oxygen atoms in total. The van der Waals surface area contributed by atoms with Gasteiger partial charge in [-0.05, 0) is 35.9 Å². The van der Waals surface area contributed by atoms with E-state index in [2.05, 4.69) is 4.98 Å². The largest absolute Gasteiger partial charge is 0.493 e. The minimum absolute atomic E-state index is 0.00718. The number of Topliss-reactive ketones (excluding diaryl/α,β-unsaturated/α-hetero) is 1. The molecule has 0 saturated heterocycles. The van der Waals surface area contributed by atoms with Crippen molar-refractivity contribution < 1.29 is 22.7 Å². The summed E-state index contributed by atoms with van der Waals surface area (Å²) in [6.45, 7) is 0.537. The molecular weight excluding hydrogens is 321 g/mol. The number of rotatable bonds is 3. The Bertz CT molecular complexity index is 823. The summed E-state index contributed by atoms with van der Waals surface area (Å²) >= 11 is 0. The fourth-order valence-electron chi connectivity index (χ4n) is 2.51. The molecule has 2 heterocycles. The first-order valence-electron chi connectivity index (χ1n) is 7.13. The Morgan fingerprint density at radius 1 is 1.29 bits per heavy atom. The Hall–Kier alpha value is -2.88. The fraction of sp³-hybridized carbons (Fsp3) is 0.235. The van der Waals surface area contributed by atoms with Gasteiger partial charge < -0.3 is 4.74 Å². The Balaban J connectivity index is 1.88. The van der Waals surface area contributed by atoms with E-state index in [4.69, 9.17) is 4.74 Å². The molecule has 0 radical (unpaired) electrons. The number of nitrogens with zero attached hydrogens (tertiary/aromatic N) is 2. The van der Waals surface area contributed by atoms with Crippen LogP contribution in [0.3, 0.4) is 0 Å². The second-order valence-corrected chi connectivity index (χ2v) is 5.32. The lowest BCUT2D eigenvalue weighted by atomic mass is 9.94. The molecule has 1 aromatic heterocycles. The van der Waals surface area contributed by atoms with E-state index in [1.54, 1.807) is 18.2 Å². The molecule has 0 saturated carbocycles. The van der Waals surface area contributed by atoms with Crippen LogP contribution in [0.25, 0.3) is 0 Å². The van der Waals surface area contributed by atoms with Gasteiger partial charge in [0.25, 0.3) is 0 Å². The van der Waals surface area contributed by atoms with E-state index in [0.29, 0.717) is 30.5 Å². The van der Waals surface area contributed by atoms with Crippen molar-refractivity contribution in [3.05, 3.63) is 58.9 Å². The number of hydrogen-bond acceptors (Lipinski definition) is 4. The third kappa shape index (κ3) is 2.95. The van der Waals surface area contributed by atoms with Gasteiger partial charge in [-0.2, -0.15) is 18.4 Å². The SMILES string of the molecule is N#CC(C(=O)c1ccc2c(c1)CCO2)c1ccc(C(F)(F)F)cn1. The monoisotopic (exact) mass is 332 g/mol. The van der Waals surface area contributed by atoms with Gasteiger partial charge in [-0.1, -0.05) is 0 Å². The van der Waals surface area contributed by atoms with Crippen LogP contribution >= 0.6 is 0 Å². The van der Waals surface area contributed by atoms with Gasteiger partial charge >= 0.3 is 6.18 Å². The zero-order valence-corrected chi connectivity index (χ0v) is 12.3. The van der Waals surface area contributed by atoms with Crippen molar-refractivity contribution in [3.8, 4) is 11.8 Å². The van der Waals surface area contributed by atoms with Gasteiger partial charge in [0.2, 0.25) is 0 Å². The van der Waals surface area contributed by atoms with Crippen LogP contribution < -0.4 is 4.74 Å². The van der Waals surface area contributed by atoms with E-state index in [-0.39, 0.29) is 5.69 Å². The van der Waals surface area contributed by atoms with E-state index in [0.717, 1.165) is 17.7 Å². The third-order valence-electron chi connectivity index (χ3n) is 3.77. The highest BCUT2D eigenvalue weighted by atomic mass is 19.4. The van der Waals surface area contributed by atoms with Crippen molar-refractivity contribution in [3.63, 3.8) is 0 Å². The predicted molar refractivity (Wildman–Crippen MR) is 77.6 cm³/mol. The lowest BCUT2D eigenvalue weighted by molar-refractivity contribution is -0.137. The zero-order valence-electron chi connectivity index (χ0n) is 12.3. The van der Waals surface area contributed by atoms with E-state index >= 15 is 0 Å². The summed E-state index contributed by atoms with van der Waals surface area (Å²) in [4.78, 5) is 16.2. The maximum atomic E-state index is 12.6. The first-order chi connectivity index (χ1) is 11.4. The topological polar surface area (TPSA) is 63.0 Å². The molecule has 0 bridgehead atoms. The Morgan fingerprint density at radius 3 is 2.71 bits per heavy atom.